The Morgan fingerprint density at radius 1 is 0.968 bits per heavy atom. The van der Waals surface area contributed by atoms with Gasteiger partial charge in [-0.3, -0.25) is 4.99 Å². The Morgan fingerprint density at radius 3 is 2.29 bits per heavy atom. The number of hydrogen-bond donors (Lipinski definition) is 2. The Bertz CT molecular complexity index is 826. The van der Waals surface area contributed by atoms with E-state index in [-0.39, 0.29) is 30.8 Å². The minimum atomic E-state index is 0. The maximum absolute atomic E-state index is 5.84. The standard InChI is InChI=1S/C23H32N4O3.HI/c1-4-27(5-2)12-13-28-20-9-6-18(7-10-20)15-25-23(24-3)26-16-19-8-11-21-22(14-19)30-17-29-21;/h6-11,14H,4-5,12-13,15-17H2,1-3H3,(H2,24,25,26);1H. The average Bonchev–Trinajstić information content (AvgIpc) is 3.26. The lowest BCUT2D eigenvalue weighted by molar-refractivity contribution is 0.174. The molecule has 0 amide bonds. The van der Waals surface area contributed by atoms with Gasteiger partial charge in [-0.1, -0.05) is 32.0 Å². The van der Waals surface area contributed by atoms with Crippen LogP contribution in [0.15, 0.2) is 47.5 Å². The van der Waals surface area contributed by atoms with Gasteiger partial charge >= 0.3 is 0 Å². The predicted molar refractivity (Wildman–Crippen MR) is 135 cm³/mol. The molecule has 170 valence electrons. The second kappa shape index (κ2) is 13.3. The minimum absolute atomic E-state index is 0. The average molecular weight is 540 g/mol. The van der Waals surface area contributed by atoms with Gasteiger partial charge in [-0.15, -0.1) is 24.0 Å². The molecular weight excluding hydrogens is 507 g/mol. The fourth-order valence-electron chi connectivity index (χ4n) is 3.18. The van der Waals surface area contributed by atoms with Gasteiger partial charge < -0.3 is 29.7 Å². The fourth-order valence-corrected chi connectivity index (χ4v) is 3.18. The summed E-state index contributed by atoms with van der Waals surface area (Å²) in [6, 6.07) is 14.1. The highest BCUT2D eigenvalue weighted by Crippen LogP contribution is 2.32. The second-order valence-corrected chi connectivity index (χ2v) is 6.99. The van der Waals surface area contributed by atoms with Crippen molar-refractivity contribution in [3.05, 3.63) is 53.6 Å². The predicted octanol–water partition coefficient (Wildman–Crippen LogP) is 3.62. The highest BCUT2D eigenvalue weighted by Gasteiger charge is 2.13. The first kappa shape index (κ1) is 25.1. The van der Waals surface area contributed by atoms with Crippen LogP contribution in [0, 0.1) is 0 Å². The Labute approximate surface area is 202 Å². The molecule has 0 aromatic heterocycles. The highest BCUT2D eigenvalue weighted by atomic mass is 127. The molecule has 1 aliphatic rings. The van der Waals surface area contributed by atoms with Gasteiger partial charge in [-0.2, -0.15) is 0 Å². The summed E-state index contributed by atoms with van der Waals surface area (Å²) < 4.78 is 16.6. The number of nitrogens with zero attached hydrogens (tertiary/aromatic N) is 2. The minimum Gasteiger partial charge on any atom is -0.492 e. The number of aliphatic imine (C=N–C) groups is 1. The Kier molecular flexibility index (Phi) is 10.7. The van der Waals surface area contributed by atoms with E-state index in [2.05, 4.69) is 46.5 Å². The zero-order chi connectivity index (χ0) is 21.2. The number of likely N-dealkylation sites (N-methyl/N-ethyl adjacent to an activating group) is 1. The topological polar surface area (TPSA) is 67.4 Å². The third kappa shape index (κ3) is 7.77. The number of rotatable bonds is 10. The molecule has 2 N–H and O–H groups in total. The first-order valence-corrected chi connectivity index (χ1v) is 10.5. The van der Waals surface area contributed by atoms with Crippen LogP contribution in [0.4, 0.5) is 0 Å². The summed E-state index contributed by atoms with van der Waals surface area (Å²) in [7, 11) is 1.77. The van der Waals surface area contributed by atoms with Gasteiger partial charge in [0, 0.05) is 26.7 Å². The second-order valence-electron chi connectivity index (χ2n) is 6.99. The lowest BCUT2D eigenvalue weighted by atomic mass is 10.2. The van der Waals surface area contributed by atoms with Crippen molar-refractivity contribution >= 4 is 29.9 Å². The summed E-state index contributed by atoms with van der Waals surface area (Å²) >= 11 is 0. The SMILES string of the molecule is CCN(CC)CCOc1ccc(CNC(=NC)NCc2ccc3c(c2)OCO3)cc1.I. The molecule has 0 unspecified atom stereocenters. The molecule has 1 heterocycles. The van der Waals surface area contributed by atoms with E-state index >= 15 is 0 Å². The zero-order valence-electron chi connectivity index (χ0n) is 18.5. The first-order chi connectivity index (χ1) is 14.7. The molecule has 0 radical (unpaired) electrons. The number of hydrogen-bond acceptors (Lipinski definition) is 5. The molecule has 1 aliphatic heterocycles. The molecule has 8 heteroatoms. The summed E-state index contributed by atoms with van der Waals surface area (Å²) in [5.74, 6) is 3.22. The Balaban J connectivity index is 0.00000341. The molecular formula is C23H33IN4O3. The third-order valence-electron chi connectivity index (χ3n) is 5.07. The molecule has 2 aromatic carbocycles. The van der Waals surface area contributed by atoms with E-state index in [9.17, 15) is 0 Å². The molecule has 0 saturated heterocycles. The van der Waals surface area contributed by atoms with Crippen molar-refractivity contribution in [2.75, 3.05) is 40.1 Å². The van der Waals surface area contributed by atoms with Crippen LogP contribution in [0.3, 0.4) is 0 Å². The number of nitrogens with one attached hydrogen (secondary N) is 2. The van der Waals surface area contributed by atoms with Crippen molar-refractivity contribution in [3.8, 4) is 17.2 Å². The van der Waals surface area contributed by atoms with E-state index in [1.54, 1.807) is 7.05 Å². The van der Waals surface area contributed by atoms with Gasteiger partial charge in [0.15, 0.2) is 17.5 Å². The van der Waals surface area contributed by atoms with Gasteiger partial charge in [0.1, 0.15) is 12.4 Å². The van der Waals surface area contributed by atoms with Crippen LogP contribution in [0.1, 0.15) is 25.0 Å². The number of benzene rings is 2. The van der Waals surface area contributed by atoms with Crippen molar-refractivity contribution in [1.29, 1.82) is 0 Å². The number of fused-ring (bicyclic) bond motifs is 1. The molecule has 0 atom stereocenters. The lowest BCUT2D eigenvalue weighted by Gasteiger charge is -2.18. The number of ether oxygens (including phenoxy) is 3. The molecule has 0 saturated carbocycles. The summed E-state index contributed by atoms with van der Waals surface area (Å²) in [4.78, 5) is 6.64. The molecule has 2 aromatic rings. The summed E-state index contributed by atoms with van der Waals surface area (Å²) in [6.07, 6.45) is 0. The van der Waals surface area contributed by atoms with Gasteiger partial charge in [-0.25, -0.2) is 0 Å². The third-order valence-corrected chi connectivity index (χ3v) is 5.07. The van der Waals surface area contributed by atoms with E-state index in [1.165, 1.54) is 0 Å². The molecule has 0 aliphatic carbocycles. The molecule has 0 bridgehead atoms. The van der Waals surface area contributed by atoms with Crippen LogP contribution >= 0.6 is 24.0 Å². The van der Waals surface area contributed by atoms with E-state index in [0.29, 0.717) is 19.7 Å². The Hall–Kier alpha value is -2.20. The van der Waals surface area contributed by atoms with Crippen molar-refractivity contribution in [2.24, 2.45) is 4.99 Å². The summed E-state index contributed by atoms with van der Waals surface area (Å²) in [5, 5.41) is 6.66. The van der Waals surface area contributed by atoms with Crippen molar-refractivity contribution in [2.45, 2.75) is 26.9 Å². The summed E-state index contributed by atoms with van der Waals surface area (Å²) in [5.41, 5.74) is 2.27. The van der Waals surface area contributed by atoms with E-state index in [1.807, 2.05) is 30.3 Å². The van der Waals surface area contributed by atoms with Gasteiger partial charge in [0.25, 0.3) is 0 Å². The van der Waals surface area contributed by atoms with Crippen LogP contribution in [0.2, 0.25) is 0 Å². The first-order valence-electron chi connectivity index (χ1n) is 10.5. The van der Waals surface area contributed by atoms with E-state index in [4.69, 9.17) is 14.2 Å². The van der Waals surface area contributed by atoms with Gasteiger partial charge in [-0.05, 0) is 48.5 Å². The molecule has 0 spiro atoms. The largest absolute Gasteiger partial charge is 0.492 e. The summed E-state index contributed by atoms with van der Waals surface area (Å²) in [6.45, 7) is 9.71. The smallest absolute Gasteiger partial charge is 0.231 e. The Morgan fingerprint density at radius 2 is 1.61 bits per heavy atom. The number of halogens is 1. The van der Waals surface area contributed by atoms with Crippen molar-refractivity contribution < 1.29 is 14.2 Å². The zero-order valence-corrected chi connectivity index (χ0v) is 20.8. The molecule has 7 nitrogen and oxygen atoms in total. The monoisotopic (exact) mass is 540 g/mol. The lowest BCUT2D eigenvalue weighted by Crippen LogP contribution is -2.36. The van der Waals surface area contributed by atoms with Crippen LogP contribution < -0.4 is 24.8 Å². The molecule has 0 fully saturated rings. The number of guanidine groups is 1. The maximum atomic E-state index is 5.84. The van der Waals surface area contributed by atoms with E-state index in [0.717, 1.165) is 54.0 Å². The van der Waals surface area contributed by atoms with Crippen molar-refractivity contribution in [1.82, 2.24) is 15.5 Å². The van der Waals surface area contributed by atoms with Crippen LogP contribution in [0.25, 0.3) is 0 Å². The quantitative estimate of drug-likeness (QED) is 0.273. The van der Waals surface area contributed by atoms with Crippen LogP contribution in [-0.4, -0.2) is 50.9 Å². The van der Waals surface area contributed by atoms with Crippen molar-refractivity contribution in [3.63, 3.8) is 0 Å². The van der Waals surface area contributed by atoms with Crippen LogP contribution in [0.5, 0.6) is 17.2 Å². The molecule has 31 heavy (non-hydrogen) atoms. The van der Waals surface area contributed by atoms with E-state index < -0.39 is 0 Å². The van der Waals surface area contributed by atoms with Gasteiger partial charge in [0.2, 0.25) is 6.79 Å². The molecule has 3 rings (SSSR count). The van der Waals surface area contributed by atoms with Gasteiger partial charge in [0.05, 0.1) is 0 Å². The fraction of sp³-hybridized carbons (Fsp3) is 0.435. The maximum Gasteiger partial charge on any atom is 0.231 e. The normalized spacial score (nSPS) is 12.5. The highest BCUT2D eigenvalue weighted by molar-refractivity contribution is 14.0. The van der Waals surface area contributed by atoms with Crippen LogP contribution in [-0.2, 0) is 13.1 Å².